The molecule has 4 aromatic carbocycles. The Labute approximate surface area is 225 Å². The first kappa shape index (κ1) is 24.2. The first-order valence-electron chi connectivity index (χ1n) is 12.8. The second kappa shape index (κ2) is 10.3. The van der Waals surface area contributed by atoms with Gasteiger partial charge in [-0.25, -0.2) is 4.68 Å². The number of fused-ring (bicyclic) bond motifs is 1. The lowest BCUT2D eigenvalue weighted by molar-refractivity contribution is -0.117. The summed E-state index contributed by atoms with van der Waals surface area (Å²) in [5.74, 6) is 0.301. The van der Waals surface area contributed by atoms with Crippen LogP contribution >= 0.6 is 0 Å². The molecule has 2 heterocycles. The maximum atomic E-state index is 11.7. The second-order valence-electron chi connectivity index (χ2n) is 9.40. The van der Waals surface area contributed by atoms with Crippen molar-refractivity contribution in [1.29, 1.82) is 0 Å². The van der Waals surface area contributed by atoms with Gasteiger partial charge in [0.2, 0.25) is 5.91 Å². The summed E-state index contributed by atoms with van der Waals surface area (Å²) in [7, 11) is 0. The number of amides is 1. The molecule has 0 spiro atoms. The van der Waals surface area contributed by atoms with Crippen molar-refractivity contribution in [2.24, 2.45) is 5.73 Å². The standard InChI is InChI=1S/C31H27N7O/c32-29(39)22-27-26-18-10-11-19-28(26)37(34-27)21-20-30-33-35-36-38(30)31(23-12-4-1-5-13-23,24-14-6-2-7-15-24)25-16-8-3-9-17-25/h1-19H,20-22H2,(H2,32,39). The van der Waals surface area contributed by atoms with E-state index in [4.69, 9.17) is 10.8 Å². The molecule has 8 nitrogen and oxygen atoms in total. The summed E-state index contributed by atoms with van der Waals surface area (Å²) < 4.78 is 3.84. The molecule has 0 unspecified atom stereocenters. The van der Waals surface area contributed by atoms with E-state index in [-0.39, 0.29) is 6.42 Å². The van der Waals surface area contributed by atoms with E-state index in [2.05, 4.69) is 51.9 Å². The Balaban J connectivity index is 1.48. The number of nitrogens with zero attached hydrogens (tertiary/aromatic N) is 6. The van der Waals surface area contributed by atoms with E-state index in [1.165, 1.54) is 0 Å². The fourth-order valence-electron chi connectivity index (χ4n) is 5.40. The van der Waals surface area contributed by atoms with Crippen LogP contribution in [0.1, 0.15) is 28.2 Å². The Morgan fingerprint density at radius 1 is 0.744 bits per heavy atom. The molecule has 0 saturated heterocycles. The topological polar surface area (TPSA) is 105 Å². The minimum atomic E-state index is -0.800. The van der Waals surface area contributed by atoms with Crippen molar-refractivity contribution in [3.63, 3.8) is 0 Å². The highest BCUT2D eigenvalue weighted by Crippen LogP contribution is 2.40. The Morgan fingerprint density at radius 3 is 1.85 bits per heavy atom. The minimum absolute atomic E-state index is 0.0877. The van der Waals surface area contributed by atoms with E-state index in [9.17, 15) is 4.79 Å². The molecule has 0 saturated carbocycles. The molecule has 192 valence electrons. The lowest BCUT2D eigenvalue weighted by atomic mass is 9.77. The first-order valence-corrected chi connectivity index (χ1v) is 12.8. The molecule has 8 heteroatoms. The quantitative estimate of drug-likeness (QED) is 0.293. The van der Waals surface area contributed by atoms with Gasteiger partial charge in [-0.1, -0.05) is 109 Å². The number of carbonyl (C=O) groups is 1. The van der Waals surface area contributed by atoms with E-state index in [1.54, 1.807) is 0 Å². The van der Waals surface area contributed by atoms with Gasteiger partial charge in [0, 0.05) is 18.4 Å². The molecule has 0 fully saturated rings. The number of hydrogen-bond donors (Lipinski definition) is 1. The van der Waals surface area contributed by atoms with Gasteiger partial charge in [-0.2, -0.15) is 5.10 Å². The SMILES string of the molecule is NC(=O)Cc1nn(CCc2nnnn2C(c2ccccc2)(c2ccccc2)c2ccccc2)c2ccccc12. The third kappa shape index (κ3) is 4.35. The van der Waals surface area contributed by atoms with E-state index < -0.39 is 11.4 Å². The highest BCUT2D eigenvalue weighted by Gasteiger charge is 2.41. The van der Waals surface area contributed by atoms with E-state index in [1.807, 2.05) is 88.2 Å². The fourth-order valence-corrected chi connectivity index (χ4v) is 5.40. The molecule has 0 radical (unpaired) electrons. The second-order valence-corrected chi connectivity index (χ2v) is 9.40. The average molecular weight is 514 g/mol. The summed E-state index contributed by atoms with van der Waals surface area (Å²) in [6, 6.07) is 38.8. The number of hydrogen-bond acceptors (Lipinski definition) is 5. The summed E-state index contributed by atoms with van der Waals surface area (Å²) in [5.41, 5.74) is 9.44. The van der Waals surface area contributed by atoms with Crippen LogP contribution in [-0.4, -0.2) is 35.9 Å². The number of aryl methyl sites for hydroxylation is 2. The van der Waals surface area contributed by atoms with Gasteiger partial charge in [0.25, 0.3) is 0 Å². The molecule has 0 aliphatic rings. The molecular formula is C31H27N7O. The Bertz CT molecular complexity index is 1610. The molecule has 2 N–H and O–H groups in total. The van der Waals surface area contributed by atoms with Crippen LogP contribution in [0.5, 0.6) is 0 Å². The van der Waals surface area contributed by atoms with E-state index >= 15 is 0 Å². The molecule has 0 aliphatic heterocycles. The summed E-state index contributed by atoms with van der Waals surface area (Å²) in [4.78, 5) is 11.7. The van der Waals surface area contributed by atoms with Crippen LogP contribution in [0.3, 0.4) is 0 Å². The smallest absolute Gasteiger partial charge is 0.223 e. The zero-order valence-electron chi connectivity index (χ0n) is 21.3. The highest BCUT2D eigenvalue weighted by atomic mass is 16.1. The number of carbonyl (C=O) groups excluding carboxylic acids is 1. The first-order chi connectivity index (χ1) is 19.2. The largest absolute Gasteiger partial charge is 0.369 e. The fraction of sp³-hybridized carbons (Fsp3) is 0.129. The zero-order valence-corrected chi connectivity index (χ0v) is 21.3. The highest BCUT2D eigenvalue weighted by molar-refractivity contribution is 5.87. The monoisotopic (exact) mass is 513 g/mol. The maximum absolute atomic E-state index is 11.7. The van der Waals surface area contributed by atoms with Crippen LogP contribution < -0.4 is 5.73 Å². The maximum Gasteiger partial charge on any atom is 0.223 e. The third-order valence-corrected chi connectivity index (χ3v) is 7.05. The summed E-state index contributed by atoms with van der Waals surface area (Å²) in [6.45, 7) is 0.522. The summed E-state index contributed by atoms with van der Waals surface area (Å²) in [6.07, 6.45) is 0.604. The number of rotatable bonds is 9. The van der Waals surface area contributed by atoms with Crippen LogP contribution in [0.4, 0.5) is 0 Å². The molecule has 1 amide bonds. The number of aromatic nitrogens is 6. The van der Waals surface area contributed by atoms with Gasteiger partial charge in [0.15, 0.2) is 5.82 Å². The molecule has 6 aromatic rings. The van der Waals surface area contributed by atoms with Gasteiger partial charge in [0.05, 0.1) is 17.6 Å². The lowest BCUT2D eigenvalue weighted by Crippen LogP contribution is -2.40. The van der Waals surface area contributed by atoms with Crippen molar-refractivity contribution in [3.8, 4) is 0 Å². The van der Waals surface area contributed by atoms with Gasteiger partial charge < -0.3 is 5.73 Å². The van der Waals surface area contributed by atoms with Crippen molar-refractivity contribution in [1.82, 2.24) is 30.0 Å². The Hall–Kier alpha value is -5.11. The third-order valence-electron chi connectivity index (χ3n) is 7.05. The van der Waals surface area contributed by atoms with Crippen molar-refractivity contribution in [3.05, 3.63) is 143 Å². The van der Waals surface area contributed by atoms with Crippen molar-refractivity contribution in [2.45, 2.75) is 24.9 Å². The van der Waals surface area contributed by atoms with Crippen molar-refractivity contribution >= 4 is 16.8 Å². The normalized spacial score (nSPS) is 11.6. The van der Waals surface area contributed by atoms with Gasteiger partial charge in [0.1, 0.15) is 5.54 Å². The molecule has 0 aliphatic carbocycles. The van der Waals surface area contributed by atoms with E-state index in [0.29, 0.717) is 24.5 Å². The molecule has 0 bridgehead atoms. The van der Waals surface area contributed by atoms with Gasteiger partial charge in [-0.15, -0.1) is 5.10 Å². The zero-order chi connectivity index (χ0) is 26.7. The molecule has 0 atom stereocenters. The average Bonchev–Trinajstić information content (AvgIpc) is 3.59. The van der Waals surface area contributed by atoms with Crippen LogP contribution in [-0.2, 0) is 29.7 Å². The number of primary amides is 1. The Kier molecular flexibility index (Phi) is 6.42. The van der Waals surface area contributed by atoms with Crippen LogP contribution in [0.2, 0.25) is 0 Å². The summed E-state index contributed by atoms with van der Waals surface area (Å²) in [5, 5.41) is 18.9. The predicted molar refractivity (Wildman–Crippen MR) is 149 cm³/mol. The number of benzene rings is 4. The lowest BCUT2D eigenvalue weighted by Gasteiger charge is -2.36. The van der Waals surface area contributed by atoms with Crippen LogP contribution in [0, 0.1) is 0 Å². The van der Waals surface area contributed by atoms with Gasteiger partial charge in [-0.3, -0.25) is 9.48 Å². The van der Waals surface area contributed by atoms with Gasteiger partial charge >= 0.3 is 0 Å². The van der Waals surface area contributed by atoms with Crippen LogP contribution in [0.15, 0.2) is 115 Å². The van der Waals surface area contributed by atoms with Crippen molar-refractivity contribution < 1.29 is 4.79 Å². The number of nitrogens with two attached hydrogens (primary N) is 1. The van der Waals surface area contributed by atoms with Gasteiger partial charge in [-0.05, 0) is 33.2 Å². The van der Waals surface area contributed by atoms with E-state index in [0.717, 1.165) is 27.6 Å². The van der Waals surface area contributed by atoms with Crippen molar-refractivity contribution in [2.75, 3.05) is 0 Å². The molecule has 39 heavy (non-hydrogen) atoms. The number of para-hydroxylation sites is 1. The minimum Gasteiger partial charge on any atom is -0.369 e. The van der Waals surface area contributed by atoms with Crippen LogP contribution in [0.25, 0.3) is 10.9 Å². The molecular weight excluding hydrogens is 486 g/mol. The summed E-state index contributed by atoms with van der Waals surface area (Å²) >= 11 is 0. The molecule has 6 rings (SSSR count). The predicted octanol–water partition coefficient (Wildman–Crippen LogP) is 4.13. The molecule has 2 aromatic heterocycles. The Morgan fingerprint density at radius 2 is 1.28 bits per heavy atom. The number of tetrazole rings is 1.